The number of hydrogen-bond donors (Lipinski definition) is 1. The Morgan fingerprint density at radius 2 is 2.07 bits per heavy atom. The van der Waals surface area contributed by atoms with Crippen molar-refractivity contribution in [2.45, 2.75) is 19.3 Å². The van der Waals surface area contributed by atoms with Crippen LogP contribution in [-0.2, 0) is 10.2 Å². The van der Waals surface area contributed by atoms with Gasteiger partial charge in [-0.2, -0.15) is 0 Å². The van der Waals surface area contributed by atoms with E-state index in [9.17, 15) is 4.79 Å². The van der Waals surface area contributed by atoms with Crippen molar-refractivity contribution >= 4 is 28.8 Å². The van der Waals surface area contributed by atoms with Crippen molar-refractivity contribution in [3.63, 3.8) is 0 Å². The van der Waals surface area contributed by atoms with Crippen LogP contribution in [0.5, 0.6) is 0 Å². The maximum Gasteiger partial charge on any atom is 0.245 e. The minimum absolute atomic E-state index is 0.0361. The molecule has 84 valence electrons. The van der Waals surface area contributed by atoms with Crippen molar-refractivity contribution in [2.24, 2.45) is 0 Å². The first-order valence-electron chi connectivity index (χ1n) is 4.58. The van der Waals surface area contributed by atoms with Gasteiger partial charge in [-0.3, -0.25) is 10.2 Å². The fourth-order valence-corrected chi connectivity index (χ4v) is 2.25. The molecule has 0 radical (unpaired) electrons. The van der Waals surface area contributed by atoms with Gasteiger partial charge in [0, 0.05) is 19.0 Å². The molecular formula is C10H15ClN2OS. The summed E-state index contributed by atoms with van der Waals surface area (Å²) >= 11 is 7.29. The molecule has 15 heavy (non-hydrogen) atoms. The molecule has 1 N–H and O–H groups in total. The fourth-order valence-electron chi connectivity index (χ4n) is 1.10. The van der Waals surface area contributed by atoms with Gasteiger partial charge in [-0.25, -0.2) is 5.01 Å². The Balaban J connectivity index is 2.87. The highest BCUT2D eigenvalue weighted by Crippen LogP contribution is 2.32. The van der Waals surface area contributed by atoms with E-state index in [1.54, 1.807) is 19.1 Å². The quantitative estimate of drug-likeness (QED) is 0.830. The number of carbonyl (C=O) groups is 1. The first-order valence-corrected chi connectivity index (χ1v) is 5.77. The Morgan fingerprint density at radius 1 is 1.47 bits per heavy atom. The number of carbonyl (C=O) groups excluding carboxylic acids is 1. The average molecular weight is 247 g/mol. The monoisotopic (exact) mass is 246 g/mol. The van der Waals surface area contributed by atoms with Gasteiger partial charge in [0.05, 0.1) is 9.75 Å². The largest absolute Gasteiger partial charge is 0.289 e. The molecule has 3 nitrogen and oxygen atoms in total. The number of nitrogens with one attached hydrogen (secondary N) is 1. The summed E-state index contributed by atoms with van der Waals surface area (Å²) in [6, 6.07) is 3.70. The molecule has 0 aliphatic rings. The van der Waals surface area contributed by atoms with Crippen LogP contribution in [0.3, 0.4) is 0 Å². The van der Waals surface area contributed by atoms with Gasteiger partial charge in [0.25, 0.3) is 0 Å². The smallest absolute Gasteiger partial charge is 0.245 e. The second-order valence-electron chi connectivity index (χ2n) is 4.06. The summed E-state index contributed by atoms with van der Waals surface area (Å²) in [5.41, 5.74) is 2.20. The van der Waals surface area contributed by atoms with Crippen LogP contribution in [-0.4, -0.2) is 25.0 Å². The van der Waals surface area contributed by atoms with E-state index in [0.717, 1.165) is 4.88 Å². The molecular weight excluding hydrogens is 232 g/mol. The zero-order valence-electron chi connectivity index (χ0n) is 9.30. The molecule has 5 heteroatoms. The van der Waals surface area contributed by atoms with E-state index in [4.69, 9.17) is 11.6 Å². The maximum absolute atomic E-state index is 11.9. The molecule has 1 rings (SSSR count). The molecule has 0 atom stereocenters. The molecule has 1 amide bonds. The normalized spacial score (nSPS) is 11.9. The second-order valence-corrected chi connectivity index (χ2v) is 5.78. The van der Waals surface area contributed by atoms with E-state index in [-0.39, 0.29) is 5.91 Å². The third kappa shape index (κ3) is 2.93. The third-order valence-corrected chi connectivity index (χ3v) is 3.64. The lowest BCUT2D eigenvalue weighted by Gasteiger charge is -2.24. The van der Waals surface area contributed by atoms with Gasteiger partial charge < -0.3 is 0 Å². The average Bonchev–Trinajstić information content (AvgIpc) is 2.50. The van der Waals surface area contributed by atoms with Gasteiger partial charge in [0.15, 0.2) is 0 Å². The first-order chi connectivity index (χ1) is 6.84. The summed E-state index contributed by atoms with van der Waals surface area (Å²) in [4.78, 5) is 12.9. The minimum Gasteiger partial charge on any atom is -0.289 e. The summed E-state index contributed by atoms with van der Waals surface area (Å²) in [6.07, 6.45) is 0. The van der Waals surface area contributed by atoms with Crippen LogP contribution in [0.15, 0.2) is 12.1 Å². The SMILES string of the molecule is CN(C)NC(=O)C(C)(C)c1ccc(Cl)s1. The molecule has 0 saturated heterocycles. The molecule has 0 aliphatic carbocycles. The Hall–Kier alpha value is -0.580. The van der Waals surface area contributed by atoms with E-state index >= 15 is 0 Å². The number of hydrazine groups is 1. The zero-order valence-corrected chi connectivity index (χ0v) is 10.9. The van der Waals surface area contributed by atoms with Gasteiger partial charge in [-0.15, -0.1) is 11.3 Å². The van der Waals surface area contributed by atoms with E-state index in [1.165, 1.54) is 11.3 Å². The van der Waals surface area contributed by atoms with Crippen molar-refractivity contribution in [2.75, 3.05) is 14.1 Å². The standard InChI is InChI=1S/C10H15ClN2OS/c1-10(2,9(14)12-13(3)4)7-5-6-8(11)15-7/h5-6H,1-4H3,(H,12,14). The summed E-state index contributed by atoms with van der Waals surface area (Å²) in [7, 11) is 3.57. The summed E-state index contributed by atoms with van der Waals surface area (Å²) < 4.78 is 0.704. The van der Waals surface area contributed by atoms with Crippen molar-refractivity contribution in [3.05, 3.63) is 21.3 Å². The molecule has 1 heterocycles. The lowest BCUT2D eigenvalue weighted by Crippen LogP contribution is -2.45. The molecule has 1 aromatic rings. The summed E-state index contributed by atoms with van der Waals surface area (Å²) in [5, 5.41) is 1.64. The number of thiophene rings is 1. The third-order valence-electron chi connectivity index (χ3n) is 2.08. The predicted molar refractivity (Wildman–Crippen MR) is 64.2 cm³/mol. The van der Waals surface area contributed by atoms with Crippen molar-refractivity contribution in [3.8, 4) is 0 Å². The van der Waals surface area contributed by atoms with Gasteiger partial charge in [0.1, 0.15) is 0 Å². The molecule has 0 aromatic carbocycles. The molecule has 0 unspecified atom stereocenters. The Labute approximate surface area is 99.0 Å². The van der Waals surface area contributed by atoms with Crippen LogP contribution in [0.25, 0.3) is 0 Å². The Bertz CT molecular complexity index is 360. The van der Waals surface area contributed by atoms with Crippen LogP contribution in [0.4, 0.5) is 0 Å². The highest BCUT2D eigenvalue weighted by Gasteiger charge is 2.31. The van der Waals surface area contributed by atoms with Gasteiger partial charge in [0.2, 0.25) is 5.91 Å². The predicted octanol–water partition coefficient (Wildman–Crippen LogP) is 2.27. The lowest BCUT2D eigenvalue weighted by atomic mass is 9.91. The van der Waals surface area contributed by atoms with Gasteiger partial charge >= 0.3 is 0 Å². The fraction of sp³-hybridized carbons (Fsp3) is 0.500. The minimum atomic E-state index is -0.553. The highest BCUT2D eigenvalue weighted by molar-refractivity contribution is 7.16. The number of nitrogens with zero attached hydrogens (tertiary/aromatic N) is 1. The van der Waals surface area contributed by atoms with Gasteiger partial charge in [-0.1, -0.05) is 11.6 Å². The molecule has 1 aromatic heterocycles. The highest BCUT2D eigenvalue weighted by atomic mass is 35.5. The van der Waals surface area contributed by atoms with Crippen LogP contribution >= 0.6 is 22.9 Å². The summed E-state index contributed by atoms with van der Waals surface area (Å²) in [6.45, 7) is 3.77. The number of halogens is 1. The molecule has 0 aliphatic heterocycles. The van der Waals surface area contributed by atoms with E-state index in [2.05, 4.69) is 5.43 Å². The van der Waals surface area contributed by atoms with Crippen LogP contribution in [0, 0.1) is 0 Å². The van der Waals surface area contributed by atoms with Crippen molar-refractivity contribution in [1.82, 2.24) is 10.4 Å². The summed E-state index contributed by atoms with van der Waals surface area (Å²) in [5.74, 6) is -0.0361. The molecule has 0 bridgehead atoms. The number of rotatable bonds is 3. The number of amides is 1. The van der Waals surface area contributed by atoms with Crippen molar-refractivity contribution in [1.29, 1.82) is 0 Å². The van der Waals surface area contributed by atoms with E-state index in [0.29, 0.717) is 4.34 Å². The maximum atomic E-state index is 11.9. The van der Waals surface area contributed by atoms with Gasteiger partial charge in [-0.05, 0) is 26.0 Å². The van der Waals surface area contributed by atoms with Crippen LogP contribution in [0.1, 0.15) is 18.7 Å². The van der Waals surface area contributed by atoms with Crippen LogP contribution in [0.2, 0.25) is 4.34 Å². The Kier molecular flexibility index (Phi) is 3.76. The number of hydrogen-bond acceptors (Lipinski definition) is 3. The molecule has 0 fully saturated rings. The van der Waals surface area contributed by atoms with E-state index in [1.807, 2.05) is 26.0 Å². The first kappa shape index (κ1) is 12.5. The molecule has 0 saturated carbocycles. The Morgan fingerprint density at radius 3 is 2.47 bits per heavy atom. The molecule has 0 spiro atoms. The topological polar surface area (TPSA) is 32.3 Å². The van der Waals surface area contributed by atoms with Crippen LogP contribution < -0.4 is 5.43 Å². The lowest BCUT2D eigenvalue weighted by molar-refractivity contribution is -0.129. The zero-order chi connectivity index (χ0) is 11.6. The van der Waals surface area contributed by atoms with Crippen molar-refractivity contribution < 1.29 is 4.79 Å². The van der Waals surface area contributed by atoms with E-state index < -0.39 is 5.41 Å². The second kappa shape index (κ2) is 4.51.